The molecule has 5 nitrogen and oxygen atoms in total. The third-order valence-corrected chi connectivity index (χ3v) is 3.25. The number of benzene rings is 2. The molecule has 0 atom stereocenters. The van der Waals surface area contributed by atoms with E-state index in [0.29, 0.717) is 33.5 Å². The highest BCUT2D eigenvalue weighted by Crippen LogP contribution is 2.33. The van der Waals surface area contributed by atoms with E-state index in [0.717, 1.165) is 5.56 Å². The van der Waals surface area contributed by atoms with Gasteiger partial charge in [-0.1, -0.05) is 11.6 Å². The summed E-state index contributed by atoms with van der Waals surface area (Å²) in [5.41, 5.74) is 12.6. The van der Waals surface area contributed by atoms with Crippen LogP contribution in [-0.4, -0.2) is 13.0 Å². The summed E-state index contributed by atoms with van der Waals surface area (Å²) in [7, 11) is 1.50. The minimum atomic E-state index is -0.564. The first-order chi connectivity index (χ1) is 9.90. The lowest BCUT2D eigenvalue weighted by Gasteiger charge is -2.12. The van der Waals surface area contributed by atoms with Crippen molar-refractivity contribution in [3.05, 3.63) is 46.5 Å². The SMILES string of the molecule is COc1cc(Oc2cc(Cl)c(N)cc2C)cc(C(N)=O)c1. The van der Waals surface area contributed by atoms with Gasteiger partial charge in [0.05, 0.1) is 17.8 Å². The normalized spacial score (nSPS) is 10.2. The van der Waals surface area contributed by atoms with Gasteiger partial charge in [-0.05, 0) is 30.7 Å². The van der Waals surface area contributed by atoms with Crippen molar-refractivity contribution in [3.8, 4) is 17.2 Å². The minimum Gasteiger partial charge on any atom is -0.497 e. The van der Waals surface area contributed by atoms with Crippen LogP contribution in [0, 0.1) is 6.92 Å². The van der Waals surface area contributed by atoms with E-state index in [1.165, 1.54) is 19.2 Å². The molecule has 0 heterocycles. The average molecular weight is 307 g/mol. The maximum Gasteiger partial charge on any atom is 0.248 e. The Bertz CT molecular complexity index is 702. The first-order valence-electron chi connectivity index (χ1n) is 6.13. The fourth-order valence-corrected chi connectivity index (χ4v) is 1.97. The Morgan fingerprint density at radius 3 is 2.43 bits per heavy atom. The first kappa shape index (κ1) is 15.0. The summed E-state index contributed by atoms with van der Waals surface area (Å²) >= 11 is 5.99. The highest BCUT2D eigenvalue weighted by Gasteiger charge is 2.10. The Kier molecular flexibility index (Phi) is 4.23. The van der Waals surface area contributed by atoms with Gasteiger partial charge in [0.2, 0.25) is 5.91 Å². The van der Waals surface area contributed by atoms with Crippen molar-refractivity contribution in [2.45, 2.75) is 6.92 Å². The molecule has 0 aliphatic heterocycles. The summed E-state index contributed by atoms with van der Waals surface area (Å²) in [6.07, 6.45) is 0. The van der Waals surface area contributed by atoms with Crippen LogP contribution in [-0.2, 0) is 0 Å². The number of amides is 1. The number of ether oxygens (including phenoxy) is 2. The molecule has 2 aromatic carbocycles. The van der Waals surface area contributed by atoms with Crippen LogP contribution in [0.3, 0.4) is 0 Å². The molecule has 0 fully saturated rings. The van der Waals surface area contributed by atoms with E-state index in [2.05, 4.69) is 0 Å². The number of anilines is 1. The van der Waals surface area contributed by atoms with E-state index in [4.69, 9.17) is 32.5 Å². The molecule has 4 N–H and O–H groups in total. The maximum absolute atomic E-state index is 11.3. The van der Waals surface area contributed by atoms with Crippen LogP contribution < -0.4 is 20.9 Å². The number of nitrogen functional groups attached to an aromatic ring is 1. The molecule has 0 bridgehead atoms. The van der Waals surface area contributed by atoms with Gasteiger partial charge in [0.1, 0.15) is 17.2 Å². The topological polar surface area (TPSA) is 87.6 Å². The molecule has 2 rings (SSSR count). The van der Waals surface area contributed by atoms with E-state index in [-0.39, 0.29) is 0 Å². The van der Waals surface area contributed by atoms with Gasteiger partial charge in [0, 0.05) is 17.7 Å². The van der Waals surface area contributed by atoms with Crippen molar-refractivity contribution in [2.24, 2.45) is 5.73 Å². The molecule has 0 aliphatic rings. The standard InChI is InChI=1S/C15H15ClN2O3/c1-8-3-13(17)12(16)7-14(8)21-11-5-9(15(18)19)4-10(6-11)20-2/h3-7H,17H2,1-2H3,(H2,18,19). The fourth-order valence-electron chi connectivity index (χ4n) is 1.81. The molecular formula is C15H15ClN2O3. The van der Waals surface area contributed by atoms with Crippen molar-refractivity contribution >= 4 is 23.2 Å². The lowest BCUT2D eigenvalue weighted by Crippen LogP contribution is -2.11. The van der Waals surface area contributed by atoms with Crippen molar-refractivity contribution < 1.29 is 14.3 Å². The molecule has 1 amide bonds. The third-order valence-electron chi connectivity index (χ3n) is 2.92. The van der Waals surface area contributed by atoms with Gasteiger partial charge in [-0.15, -0.1) is 0 Å². The monoisotopic (exact) mass is 306 g/mol. The molecule has 0 unspecified atom stereocenters. The van der Waals surface area contributed by atoms with Gasteiger partial charge in [0.15, 0.2) is 0 Å². The summed E-state index contributed by atoms with van der Waals surface area (Å²) in [4.78, 5) is 11.3. The predicted molar refractivity (Wildman–Crippen MR) is 82.2 cm³/mol. The molecule has 0 aromatic heterocycles. The van der Waals surface area contributed by atoms with E-state index < -0.39 is 5.91 Å². The second-order valence-electron chi connectivity index (χ2n) is 4.50. The quantitative estimate of drug-likeness (QED) is 0.849. The van der Waals surface area contributed by atoms with E-state index in [9.17, 15) is 4.79 Å². The number of rotatable bonds is 4. The van der Waals surface area contributed by atoms with E-state index >= 15 is 0 Å². The van der Waals surface area contributed by atoms with E-state index in [1.807, 2.05) is 6.92 Å². The number of aryl methyl sites for hydroxylation is 1. The smallest absolute Gasteiger partial charge is 0.248 e. The summed E-state index contributed by atoms with van der Waals surface area (Å²) in [5, 5.41) is 0.397. The Hall–Kier alpha value is -2.40. The van der Waals surface area contributed by atoms with Crippen LogP contribution in [0.25, 0.3) is 0 Å². The molecule has 2 aromatic rings. The summed E-state index contributed by atoms with van der Waals surface area (Å²) < 4.78 is 10.9. The zero-order valence-corrected chi connectivity index (χ0v) is 12.4. The lowest BCUT2D eigenvalue weighted by atomic mass is 10.1. The molecule has 0 radical (unpaired) electrons. The Balaban J connectivity index is 2.41. The highest BCUT2D eigenvalue weighted by molar-refractivity contribution is 6.33. The molecule has 0 saturated heterocycles. The molecular weight excluding hydrogens is 292 g/mol. The van der Waals surface area contributed by atoms with Crippen molar-refractivity contribution in [3.63, 3.8) is 0 Å². The molecule has 0 spiro atoms. The Labute approximate surface area is 127 Å². The average Bonchev–Trinajstić information content (AvgIpc) is 2.44. The van der Waals surface area contributed by atoms with Gasteiger partial charge >= 0.3 is 0 Å². The van der Waals surface area contributed by atoms with E-state index in [1.54, 1.807) is 18.2 Å². The van der Waals surface area contributed by atoms with Crippen LogP contribution in [0.15, 0.2) is 30.3 Å². The number of hydrogen-bond donors (Lipinski definition) is 2. The number of carbonyl (C=O) groups is 1. The van der Waals surface area contributed by atoms with Gasteiger partial charge in [0.25, 0.3) is 0 Å². The number of methoxy groups -OCH3 is 1. The summed E-state index contributed by atoms with van der Waals surface area (Å²) in [6, 6.07) is 8.06. The number of halogens is 1. The molecule has 110 valence electrons. The first-order valence-corrected chi connectivity index (χ1v) is 6.51. The fraction of sp³-hybridized carbons (Fsp3) is 0.133. The van der Waals surface area contributed by atoms with Crippen LogP contribution in [0.4, 0.5) is 5.69 Å². The van der Waals surface area contributed by atoms with Gasteiger partial charge in [-0.3, -0.25) is 4.79 Å². The lowest BCUT2D eigenvalue weighted by molar-refractivity contribution is 0.0999. The molecule has 0 saturated carbocycles. The highest BCUT2D eigenvalue weighted by atomic mass is 35.5. The molecule has 6 heteroatoms. The van der Waals surface area contributed by atoms with Crippen molar-refractivity contribution in [1.29, 1.82) is 0 Å². The largest absolute Gasteiger partial charge is 0.497 e. The number of primary amides is 1. The number of carbonyl (C=O) groups excluding carboxylic acids is 1. The Morgan fingerprint density at radius 1 is 1.14 bits per heavy atom. The summed E-state index contributed by atoms with van der Waals surface area (Å²) in [6.45, 7) is 1.84. The van der Waals surface area contributed by atoms with Crippen LogP contribution in [0.1, 0.15) is 15.9 Å². The summed E-state index contributed by atoms with van der Waals surface area (Å²) in [5.74, 6) is 0.872. The zero-order chi connectivity index (χ0) is 15.6. The third kappa shape index (κ3) is 3.38. The molecule has 21 heavy (non-hydrogen) atoms. The van der Waals surface area contributed by atoms with Crippen molar-refractivity contribution in [1.82, 2.24) is 0 Å². The van der Waals surface area contributed by atoms with Crippen LogP contribution >= 0.6 is 11.6 Å². The second kappa shape index (κ2) is 5.93. The van der Waals surface area contributed by atoms with Crippen LogP contribution in [0.5, 0.6) is 17.2 Å². The van der Waals surface area contributed by atoms with Gasteiger partial charge in [-0.2, -0.15) is 0 Å². The second-order valence-corrected chi connectivity index (χ2v) is 4.91. The molecule has 0 aliphatic carbocycles. The Morgan fingerprint density at radius 2 is 1.81 bits per heavy atom. The predicted octanol–water partition coefficient (Wildman–Crippen LogP) is 3.13. The van der Waals surface area contributed by atoms with Gasteiger partial charge in [-0.25, -0.2) is 0 Å². The minimum absolute atomic E-state index is 0.295. The maximum atomic E-state index is 11.3. The number of nitrogens with two attached hydrogens (primary N) is 2. The van der Waals surface area contributed by atoms with Crippen molar-refractivity contribution in [2.75, 3.05) is 12.8 Å². The number of hydrogen-bond acceptors (Lipinski definition) is 4. The van der Waals surface area contributed by atoms with Crippen LogP contribution in [0.2, 0.25) is 5.02 Å². The van der Waals surface area contributed by atoms with Gasteiger partial charge < -0.3 is 20.9 Å². The zero-order valence-electron chi connectivity index (χ0n) is 11.6.